The van der Waals surface area contributed by atoms with Crippen LogP contribution in [0.2, 0.25) is 0 Å². The number of nitrogens with zero attached hydrogens (tertiary/aromatic N) is 2. The summed E-state index contributed by atoms with van der Waals surface area (Å²) in [6.07, 6.45) is 1.84. The number of nitrogens with one attached hydrogen (secondary N) is 1. The minimum absolute atomic E-state index is 1.04. The van der Waals surface area contributed by atoms with E-state index >= 15 is 0 Å². The number of benzene rings is 2. The summed E-state index contributed by atoms with van der Waals surface area (Å²) in [5, 5.41) is 9.37. The van der Waals surface area contributed by atoms with Crippen LogP contribution in [0.15, 0.2) is 54.7 Å². The van der Waals surface area contributed by atoms with Gasteiger partial charge < -0.3 is 0 Å². The number of aromatic nitrogens is 3. The first kappa shape index (κ1) is 11.2. The molecule has 0 radical (unpaired) electrons. The number of hydrogen-bond donors (Lipinski definition) is 1. The van der Waals surface area contributed by atoms with E-state index in [1.165, 1.54) is 11.1 Å². The van der Waals surface area contributed by atoms with Gasteiger partial charge in [0.1, 0.15) is 0 Å². The maximum Gasteiger partial charge on any atom is 0.0705 e. The van der Waals surface area contributed by atoms with Gasteiger partial charge in [0, 0.05) is 16.5 Å². The zero-order chi connectivity index (χ0) is 13.5. The molecule has 0 saturated carbocycles. The standard InChI is InChI=1S/C17H13N3/c1-11-2-3-14-8-12(6-7-16(14)19-11)13-4-5-15-10-18-20-17(15)9-13/h2-10H,1H3,(H,18,20). The van der Waals surface area contributed by atoms with E-state index in [4.69, 9.17) is 0 Å². The summed E-state index contributed by atoms with van der Waals surface area (Å²) in [5.74, 6) is 0. The number of aromatic amines is 1. The second kappa shape index (κ2) is 4.17. The molecule has 0 atom stereocenters. The monoisotopic (exact) mass is 259 g/mol. The van der Waals surface area contributed by atoms with E-state index in [0.717, 1.165) is 27.5 Å². The van der Waals surface area contributed by atoms with Crippen LogP contribution in [0, 0.1) is 6.92 Å². The molecule has 0 aliphatic carbocycles. The van der Waals surface area contributed by atoms with Gasteiger partial charge in [0.05, 0.1) is 17.2 Å². The summed E-state index contributed by atoms with van der Waals surface area (Å²) in [6.45, 7) is 2.01. The molecule has 3 nitrogen and oxygen atoms in total. The van der Waals surface area contributed by atoms with Crippen LogP contribution in [0.5, 0.6) is 0 Å². The molecule has 2 heterocycles. The van der Waals surface area contributed by atoms with Crippen molar-refractivity contribution in [2.75, 3.05) is 0 Å². The quantitative estimate of drug-likeness (QED) is 0.559. The van der Waals surface area contributed by atoms with Crippen molar-refractivity contribution < 1.29 is 0 Å². The largest absolute Gasteiger partial charge is 0.278 e. The Hall–Kier alpha value is -2.68. The Morgan fingerprint density at radius 3 is 2.60 bits per heavy atom. The molecule has 0 spiro atoms. The molecular weight excluding hydrogens is 246 g/mol. The molecule has 0 aliphatic rings. The molecule has 0 amide bonds. The highest BCUT2D eigenvalue weighted by Gasteiger charge is 2.03. The van der Waals surface area contributed by atoms with Crippen LogP contribution < -0.4 is 0 Å². The highest BCUT2D eigenvalue weighted by molar-refractivity contribution is 5.88. The van der Waals surface area contributed by atoms with Crippen molar-refractivity contribution in [1.82, 2.24) is 15.2 Å². The Bertz CT molecular complexity index is 922. The molecular formula is C17H13N3. The molecule has 0 saturated heterocycles. The topological polar surface area (TPSA) is 41.6 Å². The molecule has 96 valence electrons. The number of H-pyrrole nitrogens is 1. The van der Waals surface area contributed by atoms with E-state index in [9.17, 15) is 0 Å². The molecule has 0 aliphatic heterocycles. The number of fused-ring (bicyclic) bond motifs is 2. The first-order valence-corrected chi connectivity index (χ1v) is 6.60. The van der Waals surface area contributed by atoms with Crippen molar-refractivity contribution in [1.29, 1.82) is 0 Å². The van der Waals surface area contributed by atoms with Crippen LogP contribution in [0.1, 0.15) is 5.69 Å². The predicted octanol–water partition coefficient (Wildman–Crippen LogP) is 4.09. The second-order valence-corrected chi connectivity index (χ2v) is 5.03. The third kappa shape index (κ3) is 1.75. The van der Waals surface area contributed by atoms with Gasteiger partial charge in [0.2, 0.25) is 0 Å². The average Bonchev–Trinajstić information content (AvgIpc) is 2.94. The Balaban J connectivity index is 1.90. The zero-order valence-electron chi connectivity index (χ0n) is 11.1. The minimum Gasteiger partial charge on any atom is -0.278 e. The van der Waals surface area contributed by atoms with Gasteiger partial charge in [-0.3, -0.25) is 10.1 Å². The molecule has 4 rings (SSSR count). The molecule has 1 N–H and O–H groups in total. The molecule has 0 bridgehead atoms. The average molecular weight is 259 g/mol. The van der Waals surface area contributed by atoms with E-state index in [2.05, 4.69) is 57.6 Å². The maximum atomic E-state index is 4.54. The minimum atomic E-state index is 1.04. The normalized spacial score (nSPS) is 11.2. The third-order valence-electron chi connectivity index (χ3n) is 3.60. The summed E-state index contributed by atoms with van der Waals surface area (Å²) in [7, 11) is 0. The SMILES string of the molecule is Cc1ccc2cc(-c3ccc4cn[nH]c4c3)ccc2n1. The van der Waals surface area contributed by atoms with Gasteiger partial charge in [-0.2, -0.15) is 5.10 Å². The van der Waals surface area contributed by atoms with Gasteiger partial charge in [0.15, 0.2) is 0 Å². The third-order valence-corrected chi connectivity index (χ3v) is 3.60. The fourth-order valence-corrected chi connectivity index (χ4v) is 2.52. The summed E-state index contributed by atoms with van der Waals surface area (Å²) in [5.41, 5.74) is 5.52. The lowest BCUT2D eigenvalue weighted by molar-refractivity contribution is 1.12. The van der Waals surface area contributed by atoms with Crippen molar-refractivity contribution in [2.24, 2.45) is 0 Å². The Kier molecular flexibility index (Phi) is 2.33. The van der Waals surface area contributed by atoms with Crippen LogP contribution in [0.3, 0.4) is 0 Å². The first-order valence-electron chi connectivity index (χ1n) is 6.60. The van der Waals surface area contributed by atoms with Gasteiger partial charge in [0.25, 0.3) is 0 Å². The van der Waals surface area contributed by atoms with E-state index in [1.54, 1.807) is 0 Å². The van der Waals surface area contributed by atoms with Gasteiger partial charge in [-0.25, -0.2) is 0 Å². The predicted molar refractivity (Wildman–Crippen MR) is 81.6 cm³/mol. The Morgan fingerprint density at radius 1 is 0.850 bits per heavy atom. The van der Waals surface area contributed by atoms with Crippen molar-refractivity contribution in [3.8, 4) is 11.1 Å². The number of hydrogen-bond acceptors (Lipinski definition) is 2. The van der Waals surface area contributed by atoms with Crippen LogP contribution in [-0.2, 0) is 0 Å². The number of pyridine rings is 1. The lowest BCUT2D eigenvalue weighted by atomic mass is 10.0. The second-order valence-electron chi connectivity index (χ2n) is 5.03. The highest BCUT2D eigenvalue weighted by Crippen LogP contribution is 2.26. The number of aryl methyl sites for hydroxylation is 1. The van der Waals surface area contributed by atoms with Crippen molar-refractivity contribution >= 4 is 21.8 Å². The summed E-state index contributed by atoms with van der Waals surface area (Å²) in [4.78, 5) is 4.54. The fraction of sp³-hybridized carbons (Fsp3) is 0.0588. The lowest BCUT2D eigenvalue weighted by Gasteiger charge is -2.05. The summed E-state index contributed by atoms with van der Waals surface area (Å²) < 4.78 is 0. The highest BCUT2D eigenvalue weighted by atomic mass is 15.1. The molecule has 3 heteroatoms. The van der Waals surface area contributed by atoms with Crippen LogP contribution in [0.25, 0.3) is 32.9 Å². The van der Waals surface area contributed by atoms with Crippen molar-refractivity contribution in [3.05, 3.63) is 60.4 Å². The van der Waals surface area contributed by atoms with E-state index in [-0.39, 0.29) is 0 Å². The van der Waals surface area contributed by atoms with Crippen LogP contribution >= 0.6 is 0 Å². The smallest absolute Gasteiger partial charge is 0.0705 e. The van der Waals surface area contributed by atoms with Crippen molar-refractivity contribution in [2.45, 2.75) is 6.92 Å². The lowest BCUT2D eigenvalue weighted by Crippen LogP contribution is -1.84. The summed E-state index contributed by atoms with van der Waals surface area (Å²) >= 11 is 0. The van der Waals surface area contributed by atoms with E-state index in [0.29, 0.717) is 0 Å². The van der Waals surface area contributed by atoms with E-state index < -0.39 is 0 Å². The molecule has 20 heavy (non-hydrogen) atoms. The van der Waals surface area contributed by atoms with Crippen LogP contribution in [0.4, 0.5) is 0 Å². The molecule has 0 fully saturated rings. The molecule has 2 aromatic carbocycles. The first-order chi connectivity index (χ1) is 9.79. The summed E-state index contributed by atoms with van der Waals surface area (Å²) in [6, 6.07) is 16.9. The van der Waals surface area contributed by atoms with Gasteiger partial charge >= 0.3 is 0 Å². The van der Waals surface area contributed by atoms with Gasteiger partial charge in [-0.05, 0) is 42.3 Å². The number of rotatable bonds is 1. The Labute approximate surface area is 116 Å². The molecule has 4 aromatic rings. The zero-order valence-corrected chi connectivity index (χ0v) is 11.1. The Morgan fingerprint density at radius 2 is 1.65 bits per heavy atom. The molecule has 2 aromatic heterocycles. The van der Waals surface area contributed by atoms with E-state index in [1.807, 2.05) is 19.2 Å². The fourth-order valence-electron chi connectivity index (χ4n) is 2.52. The van der Waals surface area contributed by atoms with Crippen LogP contribution in [-0.4, -0.2) is 15.2 Å². The maximum absolute atomic E-state index is 4.54. The molecule has 0 unspecified atom stereocenters. The van der Waals surface area contributed by atoms with Crippen molar-refractivity contribution in [3.63, 3.8) is 0 Å². The van der Waals surface area contributed by atoms with Gasteiger partial charge in [-0.1, -0.05) is 24.3 Å². The van der Waals surface area contributed by atoms with Gasteiger partial charge in [-0.15, -0.1) is 0 Å².